The Kier molecular flexibility index (Phi) is 3.90. The highest BCUT2D eigenvalue weighted by Crippen LogP contribution is 2.21. The molecule has 0 atom stereocenters. The van der Waals surface area contributed by atoms with Gasteiger partial charge in [-0.05, 0) is 31.6 Å². The average Bonchev–Trinajstić information content (AvgIpc) is 2.07. The number of halogens is 1. The molecule has 1 rings (SSSR count). The van der Waals surface area contributed by atoms with E-state index in [1.54, 1.807) is 0 Å². The monoisotopic (exact) mass is 212 g/mol. The topological polar surface area (TPSA) is 16.1 Å². The number of rotatable bonds is 3. The normalized spacial score (nSPS) is 11.4. The highest BCUT2D eigenvalue weighted by atomic mass is 35.5. The van der Waals surface area contributed by atoms with Crippen LogP contribution >= 0.6 is 11.6 Å². The van der Waals surface area contributed by atoms with Crippen LogP contribution in [-0.4, -0.2) is 24.0 Å². The van der Waals surface area contributed by atoms with Crippen molar-refractivity contribution >= 4 is 11.6 Å². The molecule has 0 saturated heterocycles. The minimum absolute atomic E-state index is 0.480. The summed E-state index contributed by atoms with van der Waals surface area (Å²) < 4.78 is 0. The van der Waals surface area contributed by atoms with Crippen molar-refractivity contribution in [3.05, 3.63) is 28.5 Å². The molecule has 14 heavy (non-hydrogen) atoms. The van der Waals surface area contributed by atoms with E-state index < -0.39 is 0 Å². The van der Waals surface area contributed by atoms with Crippen LogP contribution in [0.4, 0.5) is 0 Å². The number of aromatic nitrogens is 1. The summed E-state index contributed by atoms with van der Waals surface area (Å²) in [6, 6.07) is 2.01. The lowest BCUT2D eigenvalue weighted by Gasteiger charge is -2.12. The lowest BCUT2D eigenvalue weighted by atomic mass is 10.1. The molecule has 0 aliphatic heterocycles. The Hall–Kier alpha value is -0.600. The maximum Gasteiger partial charge on any atom is 0.0729 e. The standard InChI is InChI=1S/C11H17ClN2/c1-8(2)9-5-10(12)11(13-6-9)7-14(3)4/h5-6,8H,7H2,1-4H3. The van der Waals surface area contributed by atoms with Gasteiger partial charge in [-0.1, -0.05) is 25.4 Å². The van der Waals surface area contributed by atoms with Gasteiger partial charge in [0.2, 0.25) is 0 Å². The van der Waals surface area contributed by atoms with Crippen LogP contribution in [0.5, 0.6) is 0 Å². The zero-order valence-electron chi connectivity index (χ0n) is 9.21. The molecule has 0 unspecified atom stereocenters. The second-order valence-corrected chi connectivity index (χ2v) is 4.50. The molecule has 3 heteroatoms. The van der Waals surface area contributed by atoms with Crippen LogP contribution < -0.4 is 0 Å². The quantitative estimate of drug-likeness (QED) is 0.766. The van der Waals surface area contributed by atoms with Gasteiger partial charge in [0.15, 0.2) is 0 Å². The van der Waals surface area contributed by atoms with Crippen molar-refractivity contribution in [3.8, 4) is 0 Å². The van der Waals surface area contributed by atoms with Crippen molar-refractivity contribution in [2.45, 2.75) is 26.3 Å². The molecule has 0 amide bonds. The molecule has 0 aromatic carbocycles. The van der Waals surface area contributed by atoms with E-state index in [0.717, 1.165) is 17.3 Å². The van der Waals surface area contributed by atoms with Crippen molar-refractivity contribution in [1.82, 2.24) is 9.88 Å². The molecule has 0 aliphatic carbocycles. The van der Waals surface area contributed by atoms with Gasteiger partial charge in [0, 0.05) is 12.7 Å². The van der Waals surface area contributed by atoms with Gasteiger partial charge in [-0.15, -0.1) is 0 Å². The molecule has 78 valence electrons. The molecule has 1 aromatic rings. The van der Waals surface area contributed by atoms with Crippen LogP contribution in [0.1, 0.15) is 31.0 Å². The maximum atomic E-state index is 6.13. The largest absolute Gasteiger partial charge is 0.304 e. The Morgan fingerprint density at radius 3 is 2.50 bits per heavy atom. The van der Waals surface area contributed by atoms with Crippen molar-refractivity contribution < 1.29 is 0 Å². The van der Waals surface area contributed by atoms with E-state index in [0.29, 0.717) is 5.92 Å². The second kappa shape index (κ2) is 4.76. The van der Waals surface area contributed by atoms with Gasteiger partial charge < -0.3 is 4.90 Å². The lowest BCUT2D eigenvalue weighted by Crippen LogP contribution is -2.12. The van der Waals surface area contributed by atoms with Crippen LogP contribution in [0, 0.1) is 0 Å². The molecule has 2 nitrogen and oxygen atoms in total. The minimum atomic E-state index is 0.480. The highest BCUT2D eigenvalue weighted by Gasteiger charge is 2.06. The van der Waals surface area contributed by atoms with E-state index in [9.17, 15) is 0 Å². The summed E-state index contributed by atoms with van der Waals surface area (Å²) >= 11 is 6.13. The average molecular weight is 213 g/mol. The van der Waals surface area contributed by atoms with E-state index >= 15 is 0 Å². The zero-order chi connectivity index (χ0) is 10.7. The summed E-state index contributed by atoms with van der Waals surface area (Å²) in [5.41, 5.74) is 2.14. The van der Waals surface area contributed by atoms with Gasteiger partial charge in [0.25, 0.3) is 0 Å². The Morgan fingerprint density at radius 2 is 2.07 bits per heavy atom. The van der Waals surface area contributed by atoms with E-state index in [1.165, 1.54) is 5.56 Å². The fourth-order valence-corrected chi connectivity index (χ4v) is 1.45. The van der Waals surface area contributed by atoms with Gasteiger partial charge in [-0.2, -0.15) is 0 Å². The van der Waals surface area contributed by atoms with Gasteiger partial charge in [-0.3, -0.25) is 4.98 Å². The molecular formula is C11H17ClN2. The number of nitrogens with zero attached hydrogens (tertiary/aromatic N) is 2. The van der Waals surface area contributed by atoms with E-state index in [4.69, 9.17) is 11.6 Å². The van der Waals surface area contributed by atoms with Gasteiger partial charge >= 0.3 is 0 Å². The van der Waals surface area contributed by atoms with E-state index in [1.807, 2.05) is 26.4 Å². The van der Waals surface area contributed by atoms with Gasteiger partial charge in [0.1, 0.15) is 0 Å². The highest BCUT2D eigenvalue weighted by molar-refractivity contribution is 6.31. The molecule has 0 radical (unpaired) electrons. The number of hydrogen-bond acceptors (Lipinski definition) is 2. The summed E-state index contributed by atoms with van der Waals surface area (Å²) in [5.74, 6) is 0.480. The number of pyridine rings is 1. The Morgan fingerprint density at radius 1 is 1.43 bits per heavy atom. The summed E-state index contributed by atoms with van der Waals surface area (Å²) in [5, 5.41) is 0.768. The van der Waals surface area contributed by atoms with E-state index in [2.05, 4.69) is 23.7 Å². The third-order valence-electron chi connectivity index (χ3n) is 2.07. The first kappa shape index (κ1) is 11.5. The van der Waals surface area contributed by atoms with Crippen molar-refractivity contribution in [2.75, 3.05) is 14.1 Å². The smallest absolute Gasteiger partial charge is 0.0729 e. The second-order valence-electron chi connectivity index (χ2n) is 4.09. The molecule has 0 spiro atoms. The molecule has 1 heterocycles. The SMILES string of the molecule is CC(C)c1cnc(CN(C)C)c(Cl)c1. The third-order valence-corrected chi connectivity index (χ3v) is 2.40. The Balaban J connectivity index is 2.90. The van der Waals surface area contributed by atoms with Crippen LogP contribution in [0.25, 0.3) is 0 Å². The summed E-state index contributed by atoms with van der Waals surface area (Å²) in [4.78, 5) is 6.42. The van der Waals surface area contributed by atoms with Crippen molar-refractivity contribution in [2.24, 2.45) is 0 Å². The molecular weight excluding hydrogens is 196 g/mol. The van der Waals surface area contributed by atoms with Gasteiger partial charge in [0.05, 0.1) is 10.7 Å². The first-order valence-electron chi connectivity index (χ1n) is 4.79. The fourth-order valence-electron chi connectivity index (χ4n) is 1.21. The third kappa shape index (κ3) is 2.96. The van der Waals surface area contributed by atoms with Crippen molar-refractivity contribution in [1.29, 1.82) is 0 Å². The van der Waals surface area contributed by atoms with Crippen LogP contribution in [0.2, 0.25) is 5.02 Å². The molecule has 0 aliphatic rings. The molecule has 0 saturated carbocycles. The number of hydrogen-bond donors (Lipinski definition) is 0. The Labute approximate surface area is 90.9 Å². The van der Waals surface area contributed by atoms with Crippen LogP contribution in [0.3, 0.4) is 0 Å². The molecule has 1 aromatic heterocycles. The molecule has 0 N–H and O–H groups in total. The lowest BCUT2D eigenvalue weighted by molar-refractivity contribution is 0.397. The van der Waals surface area contributed by atoms with Crippen LogP contribution in [-0.2, 0) is 6.54 Å². The predicted molar refractivity (Wildman–Crippen MR) is 60.7 cm³/mol. The maximum absolute atomic E-state index is 6.13. The van der Waals surface area contributed by atoms with E-state index in [-0.39, 0.29) is 0 Å². The Bertz CT molecular complexity index is 308. The predicted octanol–water partition coefficient (Wildman–Crippen LogP) is 2.92. The van der Waals surface area contributed by atoms with Crippen molar-refractivity contribution in [3.63, 3.8) is 0 Å². The molecule has 0 fully saturated rings. The zero-order valence-corrected chi connectivity index (χ0v) is 9.97. The first-order valence-corrected chi connectivity index (χ1v) is 5.17. The van der Waals surface area contributed by atoms with Gasteiger partial charge in [-0.25, -0.2) is 0 Å². The minimum Gasteiger partial charge on any atom is -0.304 e. The summed E-state index contributed by atoms with van der Waals surface area (Å²) in [7, 11) is 4.02. The first-order chi connectivity index (χ1) is 6.50. The fraction of sp³-hybridized carbons (Fsp3) is 0.545. The summed E-state index contributed by atoms with van der Waals surface area (Å²) in [6.07, 6.45) is 1.91. The van der Waals surface area contributed by atoms with Crippen LogP contribution in [0.15, 0.2) is 12.3 Å². The molecule has 0 bridgehead atoms. The summed E-state index contributed by atoms with van der Waals surface area (Å²) in [6.45, 7) is 5.06.